The second-order valence-electron chi connectivity index (χ2n) is 4.92. The summed E-state index contributed by atoms with van der Waals surface area (Å²) in [6.45, 7) is 3.45. The molecule has 1 saturated carbocycles. The van der Waals surface area contributed by atoms with Crippen LogP contribution in [0, 0.1) is 5.92 Å². The zero-order chi connectivity index (χ0) is 11.2. The lowest BCUT2D eigenvalue weighted by atomic mass is 9.96. The monoisotopic (exact) mass is 237 g/mol. The van der Waals surface area contributed by atoms with Crippen LogP contribution in [0.15, 0.2) is 16.8 Å². The van der Waals surface area contributed by atoms with Crippen LogP contribution < -0.4 is 5.32 Å². The predicted octanol–water partition coefficient (Wildman–Crippen LogP) is 3.85. The average molecular weight is 237 g/mol. The molecule has 0 aromatic carbocycles. The largest absolute Gasteiger partial charge is 0.314 e. The summed E-state index contributed by atoms with van der Waals surface area (Å²) in [5, 5.41) is 8.20. The molecule has 2 atom stereocenters. The van der Waals surface area contributed by atoms with Gasteiger partial charge in [0.2, 0.25) is 0 Å². The summed E-state index contributed by atoms with van der Waals surface area (Å²) in [7, 11) is 0. The molecule has 2 rings (SSSR count). The maximum absolute atomic E-state index is 3.71. The summed E-state index contributed by atoms with van der Waals surface area (Å²) in [5.74, 6) is 0.923. The van der Waals surface area contributed by atoms with Crippen molar-refractivity contribution in [2.75, 3.05) is 6.54 Å². The van der Waals surface area contributed by atoms with Gasteiger partial charge in [-0.1, -0.05) is 13.3 Å². The topological polar surface area (TPSA) is 12.0 Å². The van der Waals surface area contributed by atoms with Gasteiger partial charge in [-0.2, -0.15) is 11.3 Å². The summed E-state index contributed by atoms with van der Waals surface area (Å²) in [6.07, 6.45) is 8.17. The van der Waals surface area contributed by atoms with E-state index in [9.17, 15) is 0 Å². The number of hydrogen-bond acceptors (Lipinski definition) is 2. The first-order valence-corrected chi connectivity index (χ1v) is 7.59. The van der Waals surface area contributed by atoms with Crippen molar-refractivity contribution in [3.8, 4) is 0 Å². The van der Waals surface area contributed by atoms with Crippen LogP contribution >= 0.6 is 11.3 Å². The van der Waals surface area contributed by atoms with Gasteiger partial charge >= 0.3 is 0 Å². The van der Waals surface area contributed by atoms with Gasteiger partial charge in [-0.3, -0.25) is 0 Å². The maximum Gasteiger partial charge on any atom is 0.00954 e. The molecule has 1 aromatic heterocycles. The van der Waals surface area contributed by atoms with Crippen LogP contribution in [-0.2, 0) is 6.42 Å². The fraction of sp³-hybridized carbons (Fsp3) is 0.714. The molecule has 90 valence electrons. The van der Waals surface area contributed by atoms with Gasteiger partial charge in [-0.05, 0) is 67.0 Å². The molecule has 1 aromatic rings. The Kier molecular flexibility index (Phi) is 4.86. The zero-order valence-electron chi connectivity index (χ0n) is 10.2. The fourth-order valence-corrected chi connectivity index (χ4v) is 3.47. The molecule has 0 aliphatic heterocycles. The van der Waals surface area contributed by atoms with Gasteiger partial charge < -0.3 is 5.32 Å². The number of thiophene rings is 1. The lowest BCUT2D eigenvalue weighted by Crippen LogP contribution is -2.33. The van der Waals surface area contributed by atoms with Gasteiger partial charge in [0.15, 0.2) is 0 Å². The van der Waals surface area contributed by atoms with Crippen molar-refractivity contribution in [1.29, 1.82) is 0 Å². The van der Waals surface area contributed by atoms with Crippen LogP contribution in [0.5, 0.6) is 0 Å². The summed E-state index contributed by atoms with van der Waals surface area (Å²) < 4.78 is 0. The quantitative estimate of drug-likeness (QED) is 0.792. The van der Waals surface area contributed by atoms with Gasteiger partial charge in [0.05, 0.1) is 0 Å². The van der Waals surface area contributed by atoms with Crippen molar-refractivity contribution in [3.05, 3.63) is 22.4 Å². The van der Waals surface area contributed by atoms with Crippen molar-refractivity contribution < 1.29 is 0 Å². The molecule has 1 N–H and O–H groups in total. The van der Waals surface area contributed by atoms with E-state index in [1.54, 1.807) is 0 Å². The van der Waals surface area contributed by atoms with Crippen LogP contribution in [0.2, 0.25) is 0 Å². The van der Waals surface area contributed by atoms with E-state index < -0.39 is 0 Å². The number of nitrogens with one attached hydrogen (secondary N) is 1. The smallest absolute Gasteiger partial charge is 0.00954 e. The lowest BCUT2D eigenvalue weighted by Gasteiger charge is -2.20. The van der Waals surface area contributed by atoms with Crippen LogP contribution in [0.1, 0.15) is 44.6 Å². The first kappa shape index (κ1) is 12.1. The van der Waals surface area contributed by atoms with E-state index in [0.717, 1.165) is 12.0 Å². The zero-order valence-corrected chi connectivity index (χ0v) is 11.1. The highest BCUT2D eigenvalue weighted by atomic mass is 32.1. The van der Waals surface area contributed by atoms with Crippen molar-refractivity contribution in [2.45, 2.75) is 51.5 Å². The Labute approximate surface area is 103 Å². The number of aryl methyl sites for hydroxylation is 1. The van der Waals surface area contributed by atoms with Gasteiger partial charge in [0, 0.05) is 6.04 Å². The lowest BCUT2D eigenvalue weighted by molar-refractivity contribution is 0.380. The molecule has 0 spiro atoms. The molecule has 1 nitrogen and oxygen atoms in total. The van der Waals surface area contributed by atoms with Gasteiger partial charge in [0.1, 0.15) is 0 Å². The molecular formula is C14H23NS. The normalized spacial score (nSPS) is 25.1. The molecule has 16 heavy (non-hydrogen) atoms. The highest BCUT2D eigenvalue weighted by Crippen LogP contribution is 2.29. The van der Waals surface area contributed by atoms with E-state index in [0.29, 0.717) is 0 Å². The van der Waals surface area contributed by atoms with E-state index >= 15 is 0 Å². The first-order valence-electron chi connectivity index (χ1n) is 6.64. The number of hydrogen-bond donors (Lipinski definition) is 1. The van der Waals surface area contributed by atoms with Crippen LogP contribution in [0.3, 0.4) is 0 Å². The standard InChI is InChI=1S/C14H23NS/c1-2-9-15-14-5-3-4-13(14)7-6-12-8-10-16-11-12/h8,10-11,13-15H,2-7,9H2,1H3. The molecule has 0 saturated heterocycles. The molecule has 2 unspecified atom stereocenters. The highest BCUT2D eigenvalue weighted by Gasteiger charge is 2.25. The van der Waals surface area contributed by atoms with Crippen molar-refractivity contribution >= 4 is 11.3 Å². The van der Waals surface area contributed by atoms with E-state index in [1.807, 2.05) is 11.3 Å². The Balaban J connectivity index is 1.75. The van der Waals surface area contributed by atoms with E-state index in [1.165, 1.54) is 50.6 Å². The Bertz CT molecular complexity index is 281. The highest BCUT2D eigenvalue weighted by molar-refractivity contribution is 7.07. The molecule has 1 aliphatic rings. The van der Waals surface area contributed by atoms with E-state index in [4.69, 9.17) is 0 Å². The second-order valence-corrected chi connectivity index (χ2v) is 5.70. The molecule has 1 heterocycles. The Morgan fingerprint density at radius 2 is 2.38 bits per heavy atom. The molecular weight excluding hydrogens is 214 g/mol. The Morgan fingerprint density at radius 1 is 1.44 bits per heavy atom. The minimum atomic E-state index is 0.804. The van der Waals surface area contributed by atoms with Crippen LogP contribution in [0.25, 0.3) is 0 Å². The molecule has 1 aliphatic carbocycles. The van der Waals surface area contributed by atoms with Crippen molar-refractivity contribution in [2.24, 2.45) is 5.92 Å². The summed E-state index contributed by atoms with van der Waals surface area (Å²) in [4.78, 5) is 0. The first-order chi connectivity index (χ1) is 7.90. The molecule has 1 fully saturated rings. The van der Waals surface area contributed by atoms with Crippen LogP contribution in [-0.4, -0.2) is 12.6 Å². The minimum absolute atomic E-state index is 0.804. The number of rotatable bonds is 6. The molecule has 0 radical (unpaired) electrons. The maximum atomic E-state index is 3.71. The van der Waals surface area contributed by atoms with Gasteiger partial charge in [-0.15, -0.1) is 0 Å². The van der Waals surface area contributed by atoms with Crippen molar-refractivity contribution in [3.63, 3.8) is 0 Å². The average Bonchev–Trinajstić information content (AvgIpc) is 2.94. The third-order valence-corrected chi connectivity index (χ3v) is 4.43. The second kappa shape index (κ2) is 6.41. The molecule has 0 amide bonds. The third-order valence-electron chi connectivity index (χ3n) is 3.70. The summed E-state index contributed by atoms with van der Waals surface area (Å²) in [6, 6.07) is 3.08. The SMILES string of the molecule is CCCNC1CCCC1CCc1ccsc1. The summed E-state index contributed by atoms with van der Waals surface area (Å²) >= 11 is 1.82. The fourth-order valence-electron chi connectivity index (χ4n) is 2.77. The molecule has 0 bridgehead atoms. The Morgan fingerprint density at radius 3 is 3.12 bits per heavy atom. The third kappa shape index (κ3) is 3.33. The predicted molar refractivity (Wildman–Crippen MR) is 72.1 cm³/mol. The van der Waals surface area contributed by atoms with Crippen LogP contribution in [0.4, 0.5) is 0 Å². The van der Waals surface area contributed by atoms with E-state index in [-0.39, 0.29) is 0 Å². The Hall–Kier alpha value is -0.340. The summed E-state index contributed by atoms with van der Waals surface area (Å²) in [5.41, 5.74) is 1.53. The van der Waals surface area contributed by atoms with Gasteiger partial charge in [-0.25, -0.2) is 0 Å². The van der Waals surface area contributed by atoms with E-state index in [2.05, 4.69) is 29.1 Å². The van der Waals surface area contributed by atoms with Crippen molar-refractivity contribution in [1.82, 2.24) is 5.32 Å². The minimum Gasteiger partial charge on any atom is -0.314 e. The molecule has 2 heteroatoms. The van der Waals surface area contributed by atoms with Gasteiger partial charge in [0.25, 0.3) is 0 Å².